The number of rotatable bonds is 5. The second kappa shape index (κ2) is 7.01. The third-order valence-corrected chi connectivity index (χ3v) is 3.81. The van der Waals surface area contributed by atoms with Crippen LogP contribution in [0.2, 0.25) is 5.02 Å². The lowest BCUT2D eigenvalue weighted by atomic mass is 10.0. The molecule has 6 heteroatoms. The highest BCUT2D eigenvalue weighted by atomic mass is 35.5. The van der Waals surface area contributed by atoms with Gasteiger partial charge in [-0.05, 0) is 34.4 Å². The summed E-state index contributed by atoms with van der Waals surface area (Å²) in [5.74, 6) is 0.754. The zero-order valence-electron chi connectivity index (χ0n) is 12.3. The summed E-state index contributed by atoms with van der Waals surface area (Å²) >= 11 is 5.92. The average Bonchev–Trinajstić information content (AvgIpc) is 3.01. The van der Waals surface area contributed by atoms with E-state index in [1.54, 1.807) is 6.20 Å². The molecule has 0 unspecified atom stereocenters. The highest BCUT2D eigenvalue weighted by molar-refractivity contribution is 6.30. The second-order valence-electron chi connectivity index (χ2n) is 5.06. The average molecular weight is 324 g/mol. The van der Waals surface area contributed by atoms with Gasteiger partial charge in [-0.3, -0.25) is 0 Å². The Hall–Kier alpha value is -2.75. The van der Waals surface area contributed by atoms with Crippen LogP contribution < -0.4 is 0 Å². The first-order valence-electron chi connectivity index (χ1n) is 7.12. The lowest BCUT2D eigenvalue weighted by molar-refractivity contribution is 0.722. The Morgan fingerprint density at radius 2 is 1.70 bits per heavy atom. The molecule has 0 saturated heterocycles. The summed E-state index contributed by atoms with van der Waals surface area (Å²) in [5.41, 5.74) is 11.8. The molecule has 114 valence electrons. The fourth-order valence-corrected chi connectivity index (χ4v) is 2.50. The molecule has 0 N–H and O–H groups in total. The maximum Gasteiger partial charge on any atom is 0.114 e. The van der Waals surface area contributed by atoms with Crippen molar-refractivity contribution in [3.05, 3.63) is 87.8 Å². The van der Waals surface area contributed by atoms with E-state index in [4.69, 9.17) is 17.1 Å². The molecule has 0 radical (unpaired) electrons. The molecule has 0 spiro atoms. The van der Waals surface area contributed by atoms with Gasteiger partial charge in [0.15, 0.2) is 0 Å². The predicted octanol–water partition coefficient (Wildman–Crippen LogP) is 5.06. The molecule has 0 amide bonds. The van der Waals surface area contributed by atoms with Crippen molar-refractivity contribution in [2.45, 2.75) is 13.1 Å². The first kappa shape index (κ1) is 15.2. The summed E-state index contributed by atoms with van der Waals surface area (Å²) in [5, 5.41) is 4.30. The van der Waals surface area contributed by atoms with E-state index in [2.05, 4.69) is 39.3 Å². The smallest absolute Gasteiger partial charge is 0.114 e. The van der Waals surface area contributed by atoms with Crippen LogP contribution in [-0.4, -0.2) is 9.55 Å². The molecule has 2 aromatic carbocycles. The van der Waals surface area contributed by atoms with Crippen molar-refractivity contribution in [3.63, 3.8) is 0 Å². The molecule has 0 atom stereocenters. The van der Waals surface area contributed by atoms with Gasteiger partial charge in [0.25, 0.3) is 0 Å². The van der Waals surface area contributed by atoms with Gasteiger partial charge in [0.1, 0.15) is 5.82 Å². The first-order chi connectivity index (χ1) is 11.3. The van der Waals surface area contributed by atoms with E-state index in [-0.39, 0.29) is 6.54 Å². The van der Waals surface area contributed by atoms with E-state index >= 15 is 0 Å². The molecule has 23 heavy (non-hydrogen) atoms. The Kier molecular flexibility index (Phi) is 4.62. The molecule has 0 bridgehead atoms. The first-order valence-corrected chi connectivity index (χ1v) is 7.50. The summed E-state index contributed by atoms with van der Waals surface area (Å²) in [6.45, 7) is 0.948. The Balaban J connectivity index is 1.76. The number of hydrogen-bond acceptors (Lipinski definition) is 2. The summed E-state index contributed by atoms with van der Waals surface area (Å²) in [6.07, 6.45) is 3.60. The predicted molar refractivity (Wildman–Crippen MR) is 91.1 cm³/mol. The van der Waals surface area contributed by atoms with Crippen LogP contribution in [0.1, 0.15) is 11.4 Å². The van der Waals surface area contributed by atoms with E-state index in [0.717, 1.165) is 27.5 Å². The molecule has 0 aliphatic heterocycles. The van der Waals surface area contributed by atoms with E-state index in [9.17, 15) is 0 Å². The van der Waals surface area contributed by atoms with E-state index in [1.165, 1.54) is 0 Å². The minimum absolute atomic E-state index is 0.256. The molecule has 0 saturated carbocycles. The number of azide groups is 1. The molecule has 0 fully saturated rings. The Morgan fingerprint density at radius 1 is 1.04 bits per heavy atom. The SMILES string of the molecule is [N-]=[N+]=NCc1nccn1Cc1ccc(-c2ccc(Cl)cc2)cc1. The van der Waals surface area contributed by atoms with Crippen LogP contribution in [-0.2, 0) is 13.1 Å². The number of imidazole rings is 1. The van der Waals surface area contributed by atoms with Gasteiger partial charge in [0.2, 0.25) is 0 Å². The Bertz CT molecular complexity index is 830. The fourth-order valence-electron chi connectivity index (χ4n) is 2.37. The van der Waals surface area contributed by atoms with Crippen LogP contribution in [0.5, 0.6) is 0 Å². The number of benzene rings is 2. The van der Waals surface area contributed by atoms with E-state index in [0.29, 0.717) is 6.54 Å². The molecular weight excluding hydrogens is 310 g/mol. The highest BCUT2D eigenvalue weighted by Gasteiger charge is 2.03. The fraction of sp³-hybridized carbons (Fsp3) is 0.118. The third kappa shape index (κ3) is 3.72. The molecule has 1 heterocycles. The summed E-state index contributed by atoms with van der Waals surface area (Å²) < 4.78 is 1.98. The quantitative estimate of drug-likeness (QED) is 0.367. The number of halogens is 1. The minimum Gasteiger partial charge on any atom is -0.330 e. The lowest BCUT2D eigenvalue weighted by Crippen LogP contribution is -2.03. The van der Waals surface area contributed by atoms with Crippen LogP contribution in [0.4, 0.5) is 0 Å². The van der Waals surface area contributed by atoms with Crippen molar-refractivity contribution in [1.82, 2.24) is 9.55 Å². The molecular formula is C17H14ClN5. The maximum absolute atomic E-state index is 8.41. The monoisotopic (exact) mass is 323 g/mol. The van der Waals surface area contributed by atoms with Crippen molar-refractivity contribution >= 4 is 11.6 Å². The maximum atomic E-state index is 8.41. The number of aromatic nitrogens is 2. The molecule has 5 nitrogen and oxygen atoms in total. The van der Waals surface area contributed by atoms with Gasteiger partial charge in [-0.2, -0.15) is 0 Å². The highest BCUT2D eigenvalue weighted by Crippen LogP contribution is 2.22. The van der Waals surface area contributed by atoms with Gasteiger partial charge in [0.05, 0.1) is 6.54 Å². The topological polar surface area (TPSA) is 66.6 Å². The van der Waals surface area contributed by atoms with Gasteiger partial charge in [-0.1, -0.05) is 53.1 Å². The Morgan fingerprint density at radius 3 is 2.35 bits per heavy atom. The van der Waals surface area contributed by atoms with Crippen LogP contribution in [0.3, 0.4) is 0 Å². The molecule has 0 aliphatic rings. The van der Waals surface area contributed by atoms with Crippen LogP contribution in [0.25, 0.3) is 21.6 Å². The Labute approximate surface area is 138 Å². The molecule has 3 aromatic rings. The van der Waals surface area contributed by atoms with Gasteiger partial charge in [0, 0.05) is 28.9 Å². The van der Waals surface area contributed by atoms with E-state index in [1.807, 2.05) is 35.0 Å². The third-order valence-electron chi connectivity index (χ3n) is 3.56. The molecule has 0 aliphatic carbocycles. The van der Waals surface area contributed by atoms with Crippen molar-refractivity contribution < 1.29 is 0 Å². The zero-order valence-corrected chi connectivity index (χ0v) is 13.1. The summed E-state index contributed by atoms with van der Waals surface area (Å²) in [4.78, 5) is 6.98. The standard InChI is InChI=1S/C17H14ClN5/c18-16-7-5-15(6-8-16)14-3-1-13(2-4-14)12-23-10-9-20-17(23)11-21-22-19/h1-10H,11-12H2. The van der Waals surface area contributed by atoms with Crippen molar-refractivity contribution in [2.24, 2.45) is 5.11 Å². The zero-order chi connectivity index (χ0) is 16.1. The minimum atomic E-state index is 0.256. The van der Waals surface area contributed by atoms with Crippen LogP contribution in [0, 0.1) is 0 Å². The van der Waals surface area contributed by atoms with Crippen LogP contribution in [0.15, 0.2) is 66.0 Å². The normalized spacial score (nSPS) is 10.3. The van der Waals surface area contributed by atoms with Crippen molar-refractivity contribution in [2.75, 3.05) is 0 Å². The number of hydrogen-bond donors (Lipinski definition) is 0. The van der Waals surface area contributed by atoms with Gasteiger partial charge >= 0.3 is 0 Å². The lowest BCUT2D eigenvalue weighted by Gasteiger charge is -2.08. The van der Waals surface area contributed by atoms with Gasteiger partial charge in [-0.25, -0.2) is 4.98 Å². The summed E-state index contributed by atoms with van der Waals surface area (Å²) in [6, 6.07) is 16.1. The van der Waals surface area contributed by atoms with Crippen molar-refractivity contribution in [3.8, 4) is 11.1 Å². The molecule has 1 aromatic heterocycles. The number of nitrogens with zero attached hydrogens (tertiary/aromatic N) is 5. The summed E-state index contributed by atoms with van der Waals surface area (Å²) in [7, 11) is 0. The largest absolute Gasteiger partial charge is 0.330 e. The van der Waals surface area contributed by atoms with Crippen LogP contribution >= 0.6 is 11.6 Å². The van der Waals surface area contributed by atoms with E-state index < -0.39 is 0 Å². The second-order valence-corrected chi connectivity index (χ2v) is 5.50. The molecule has 3 rings (SSSR count). The van der Waals surface area contributed by atoms with Gasteiger partial charge < -0.3 is 4.57 Å². The van der Waals surface area contributed by atoms with Crippen molar-refractivity contribution in [1.29, 1.82) is 0 Å². The van der Waals surface area contributed by atoms with Gasteiger partial charge in [-0.15, -0.1) is 0 Å².